The molecule has 1 aliphatic rings. The number of rotatable bonds is 4. The Labute approximate surface area is 104 Å². The highest BCUT2D eigenvalue weighted by molar-refractivity contribution is 9.10. The van der Waals surface area contributed by atoms with Crippen molar-refractivity contribution >= 4 is 15.9 Å². The number of aliphatic hydroxyl groups is 1. The van der Waals surface area contributed by atoms with Gasteiger partial charge in [0.15, 0.2) is 4.67 Å². The van der Waals surface area contributed by atoms with Crippen LogP contribution in [0.4, 0.5) is 0 Å². The first kappa shape index (κ1) is 12.1. The predicted octanol–water partition coefficient (Wildman–Crippen LogP) is 3.00. The van der Waals surface area contributed by atoms with Gasteiger partial charge < -0.3 is 14.8 Å². The standard InChI is InChI=1S/C12H18BrNO2/c1-9(10-4-5-11(13)16-10)14-8-12(15)6-2-3-7-12/h4-5,9,14-15H,2-3,6-8H2,1H3. The minimum atomic E-state index is -0.502. The van der Waals surface area contributed by atoms with Gasteiger partial charge in [-0.1, -0.05) is 12.8 Å². The monoisotopic (exact) mass is 287 g/mol. The van der Waals surface area contributed by atoms with E-state index in [-0.39, 0.29) is 6.04 Å². The maximum atomic E-state index is 10.2. The number of furan rings is 1. The molecule has 1 unspecified atom stereocenters. The van der Waals surface area contributed by atoms with E-state index >= 15 is 0 Å². The zero-order chi connectivity index (χ0) is 11.6. The van der Waals surface area contributed by atoms with E-state index in [1.54, 1.807) is 0 Å². The van der Waals surface area contributed by atoms with E-state index in [0.717, 1.165) is 36.1 Å². The Hall–Kier alpha value is -0.320. The molecule has 0 bridgehead atoms. The molecular formula is C12H18BrNO2. The van der Waals surface area contributed by atoms with Crippen molar-refractivity contribution in [2.75, 3.05) is 6.54 Å². The van der Waals surface area contributed by atoms with E-state index < -0.39 is 5.60 Å². The summed E-state index contributed by atoms with van der Waals surface area (Å²) in [6.45, 7) is 2.69. The van der Waals surface area contributed by atoms with Gasteiger partial charge in [-0.05, 0) is 47.8 Å². The van der Waals surface area contributed by atoms with Crippen LogP contribution in [-0.2, 0) is 0 Å². The van der Waals surface area contributed by atoms with Crippen LogP contribution in [0.25, 0.3) is 0 Å². The molecule has 1 aliphatic carbocycles. The SMILES string of the molecule is CC(NCC1(O)CCCC1)c1ccc(Br)o1. The lowest BCUT2D eigenvalue weighted by molar-refractivity contribution is 0.0447. The van der Waals surface area contributed by atoms with Gasteiger partial charge in [0.2, 0.25) is 0 Å². The first-order valence-corrected chi connectivity index (χ1v) is 6.59. The van der Waals surface area contributed by atoms with Crippen molar-refractivity contribution in [2.24, 2.45) is 0 Å². The Kier molecular flexibility index (Phi) is 3.72. The Morgan fingerprint density at radius 2 is 2.19 bits per heavy atom. The molecule has 1 heterocycles. The van der Waals surface area contributed by atoms with Crippen molar-refractivity contribution < 1.29 is 9.52 Å². The summed E-state index contributed by atoms with van der Waals surface area (Å²) in [5.74, 6) is 0.897. The molecule has 0 spiro atoms. The summed E-state index contributed by atoms with van der Waals surface area (Å²) < 4.78 is 6.21. The summed E-state index contributed by atoms with van der Waals surface area (Å²) >= 11 is 3.28. The normalized spacial score (nSPS) is 21.2. The van der Waals surface area contributed by atoms with Crippen molar-refractivity contribution in [1.82, 2.24) is 5.32 Å². The molecule has 0 saturated heterocycles. The molecule has 1 fully saturated rings. The maximum Gasteiger partial charge on any atom is 0.169 e. The second-order valence-corrected chi connectivity index (χ2v) is 5.46. The van der Waals surface area contributed by atoms with Crippen LogP contribution in [0.1, 0.15) is 44.4 Å². The maximum absolute atomic E-state index is 10.2. The zero-order valence-corrected chi connectivity index (χ0v) is 11.1. The molecule has 0 amide bonds. The summed E-state index contributed by atoms with van der Waals surface area (Å²) in [5.41, 5.74) is -0.502. The van der Waals surface area contributed by atoms with Gasteiger partial charge in [0.1, 0.15) is 5.76 Å². The average molecular weight is 288 g/mol. The van der Waals surface area contributed by atoms with Gasteiger partial charge in [-0.15, -0.1) is 0 Å². The second kappa shape index (κ2) is 4.90. The van der Waals surface area contributed by atoms with Gasteiger partial charge in [-0.3, -0.25) is 0 Å². The van der Waals surface area contributed by atoms with Gasteiger partial charge >= 0.3 is 0 Å². The van der Waals surface area contributed by atoms with Crippen LogP contribution in [0.15, 0.2) is 21.2 Å². The third kappa shape index (κ3) is 2.87. The molecular weight excluding hydrogens is 270 g/mol. The summed E-state index contributed by atoms with van der Waals surface area (Å²) in [7, 11) is 0. The summed E-state index contributed by atoms with van der Waals surface area (Å²) in [4.78, 5) is 0. The minimum absolute atomic E-state index is 0.135. The van der Waals surface area contributed by atoms with E-state index in [1.807, 2.05) is 19.1 Å². The summed E-state index contributed by atoms with van der Waals surface area (Å²) in [5, 5.41) is 13.5. The fourth-order valence-corrected chi connectivity index (χ4v) is 2.53. The number of hydrogen-bond acceptors (Lipinski definition) is 3. The highest BCUT2D eigenvalue weighted by Crippen LogP contribution is 2.29. The topological polar surface area (TPSA) is 45.4 Å². The molecule has 2 rings (SSSR count). The third-order valence-corrected chi connectivity index (χ3v) is 3.72. The number of hydrogen-bond donors (Lipinski definition) is 2. The molecule has 0 aromatic carbocycles. The summed E-state index contributed by atoms with van der Waals surface area (Å²) in [6.07, 6.45) is 4.10. The van der Waals surface area contributed by atoms with Crippen LogP contribution in [0.5, 0.6) is 0 Å². The van der Waals surface area contributed by atoms with Crippen LogP contribution in [-0.4, -0.2) is 17.3 Å². The van der Waals surface area contributed by atoms with Crippen molar-refractivity contribution in [3.8, 4) is 0 Å². The van der Waals surface area contributed by atoms with Crippen LogP contribution in [0, 0.1) is 0 Å². The Bertz CT molecular complexity index is 345. The van der Waals surface area contributed by atoms with Gasteiger partial charge in [0, 0.05) is 6.54 Å². The first-order chi connectivity index (χ1) is 7.59. The van der Waals surface area contributed by atoms with Crippen molar-refractivity contribution in [1.29, 1.82) is 0 Å². The molecule has 1 atom stereocenters. The molecule has 3 nitrogen and oxygen atoms in total. The second-order valence-electron chi connectivity index (χ2n) is 4.68. The third-order valence-electron chi connectivity index (χ3n) is 3.29. The van der Waals surface area contributed by atoms with Crippen molar-refractivity contribution in [3.63, 3.8) is 0 Å². The predicted molar refractivity (Wildman–Crippen MR) is 66.2 cm³/mol. The molecule has 0 aliphatic heterocycles. The Balaban J connectivity index is 1.86. The number of nitrogens with one attached hydrogen (secondary N) is 1. The average Bonchev–Trinajstić information content (AvgIpc) is 2.85. The van der Waals surface area contributed by atoms with E-state index in [9.17, 15) is 5.11 Å². The zero-order valence-electron chi connectivity index (χ0n) is 9.50. The molecule has 4 heteroatoms. The highest BCUT2D eigenvalue weighted by Gasteiger charge is 2.31. The Morgan fingerprint density at radius 1 is 1.50 bits per heavy atom. The molecule has 16 heavy (non-hydrogen) atoms. The quantitative estimate of drug-likeness (QED) is 0.895. The van der Waals surface area contributed by atoms with E-state index in [0.29, 0.717) is 6.54 Å². The lowest BCUT2D eigenvalue weighted by atomic mass is 10.0. The first-order valence-electron chi connectivity index (χ1n) is 5.80. The van der Waals surface area contributed by atoms with Gasteiger partial charge in [0.05, 0.1) is 11.6 Å². The highest BCUT2D eigenvalue weighted by atomic mass is 79.9. The van der Waals surface area contributed by atoms with E-state index in [2.05, 4.69) is 21.2 Å². The van der Waals surface area contributed by atoms with E-state index in [4.69, 9.17) is 4.42 Å². The molecule has 1 aromatic heterocycles. The summed E-state index contributed by atoms with van der Waals surface area (Å²) in [6, 6.07) is 3.97. The minimum Gasteiger partial charge on any atom is -0.453 e. The lowest BCUT2D eigenvalue weighted by Gasteiger charge is -2.24. The van der Waals surface area contributed by atoms with Crippen molar-refractivity contribution in [2.45, 2.75) is 44.2 Å². The molecule has 0 radical (unpaired) electrons. The van der Waals surface area contributed by atoms with E-state index in [1.165, 1.54) is 0 Å². The van der Waals surface area contributed by atoms with Crippen LogP contribution in [0.3, 0.4) is 0 Å². The smallest absolute Gasteiger partial charge is 0.169 e. The van der Waals surface area contributed by atoms with Gasteiger partial charge in [0.25, 0.3) is 0 Å². The van der Waals surface area contributed by atoms with Crippen molar-refractivity contribution in [3.05, 3.63) is 22.6 Å². The van der Waals surface area contributed by atoms with Gasteiger partial charge in [-0.2, -0.15) is 0 Å². The fraction of sp³-hybridized carbons (Fsp3) is 0.667. The molecule has 1 aromatic rings. The molecule has 1 saturated carbocycles. The molecule has 2 N–H and O–H groups in total. The number of halogens is 1. The lowest BCUT2D eigenvalue weighted by Crippen LogP contribution is -2.38. The largest absolute Gasteiger partial charge is 0.453 e. The van der Waals surface area contributed by atoms with Crippen LogP contribution >= 0.6 is 15.9 Å². The van der Waals surface area contributed by atoms with Gasteiger partial charge in [-0.25, -0.2) is 0 Å². The van der Waals surface area contributed by atoms with Crippen LogP contribution in [0.2, 0.25) is 0 Å². The van der Waals surface area contributed by atoms with Crippen LogP contribution < -0.4 is 5.32 Å². The molecule has 90 valence electrons. The fourth-order valence-electron chi connectivity index (χ4n) is 2.21. The Morgan fingerprint density at radius 3 is 2.75 bits per heavy atom.